The molecule has 1 aromatic carbocycles. The number of piperazine rings is 1. The van der Waals surface area contributed by atoms with Gasteiger partial charge in [-0.1, -0.05) is 17.7 Å². The van der Waals surface area contributed by atoms with E-state index < -0.39 is 0 Å². The molecule has 29 heavy (non-hydrogen) atoms. The van der Waals surface area contributed by atoms with Gasteiger partial charge in [0.2, 0.25) is 5.95 Å². The molecule has 150 valence electrons. The second kappa shape index (κ2) is 8.59. The van der Waals surface area contributed by atoms with Crippen LogP contribution in [0.5, 0.6) is 0 Å². The molecule has 0 bridgehead atoms. The zero-order valence-corrected chi connectivity index (χ0v) is 16.7. The van der Waals surface area contributed by atoms with Crippen LogP contribution in [0.1, 0.15) is 0 Å². The fraction of sp³-hybridized carbons (Fsp3) is 0.250. The molecular formula is C20H21ClFN7. The Balaban J connectivity index is 1.45. The predicted molar refractivity (Wildman–Crippen MR) is 114 cm³/mol. The van der Waals surface area contributed by atoms with Crippen molar-refractivity contribution in [2.45, 2.75) is 0 Å². The first kappa shape index (κ1) is 19.4. The third kappa shape index (κ3) is 4.90. The maximum absolute atomic E-state index is 13.4. The van der Waals surface area contributed by atoms with Crippen molar-refractivity contribution in [1.82, 2.24) is 19.9 Å². The van der Waals surface area contributed by atoms with Gasteiger partial charge in [-0.3, -0.25) is 0 Å². The molecular weight excluding hydrogens is 393 g/mol. The van der Waals surface area contributed by atoms with Gasteiger partial charge < -0.3 is 20.4 Å². The molecule has 2 aromatic heterocycles. The molecule has 0 radical (unpaired) electrons. The van der Waals surface area contributed by atoms with E-state index in [1.165, 1.54) is 18.3 Å². The van der Waals surface area contributed by atoms with Crippen molar-refractivity contribution in [2.75, 3.05) is 48.8 Å². The molecule has 1 aliphatic heterocycles. The van der Waals surface area contributed by atoms with Crippen LogP contribution < -0.4 is 15.5 Å². The van der Waals surface area contributed by atoms with Gasteiger partial charge in [-0.2, -0.15) is 4.98 Å². The van der Waals surface area contributed by atoms with E-state index >= 15 is 0 Å². The van der Waals surface area contributed by atoms with E-state index in [-0.39, 0.29) is 5.82 Å². The maximum Gasteiger partial charge on any atom is 0.230 e. The minimum absolute atomic E-state index is 0.332. The molecule has 9 heteroatoms. The SMILES string of the molecule is CN1CCN(c2ccc(Nc3ncc(Cl)c(Nc4cccc(F)c4)n3)nc2)CC1. The van der Waals surface area contributed by atoms with Gasteiger partial charge in [0, 0.05) is 31.9 Å². The second-order valence-electron chi connectivity index (χ2n) is 6.84. The summed E-state index contributed by atoms with van der Waals surface area (Å²) in [6, 6.07) is 10.0. The summed E-state index contributed by atoms with van der Waals surface area (Å²) >= 11 is 6.17. The van der Waals surface area contributed by atoms with E-state index in [1.807, 2.05) is 18.3 Å². The number of pyridine rings is 1. The Kier molecular flexibility index (Phi) is 5.73. The maximum atomic E-state index is 13.4. The lowest BCUT2D eigenvalue weighted by Gasteiger charge is -2.33. The monoisotopic (exact) mass is 413 g/mol. The zero-order chi connectivity index (χ0) is 20.2. The number of likely N-dealkylation sites (N-methyl/N-ethyl adjacent to an activating group) is 1. The Labute approximate surface area is 173 Å². The van der Waals surface area contributed by atoms with Crippen molar-refractivity contribution >= 4 is 40.6 Å². The van der Waals surface area contributed by atoms with Crippen LogP contribution >= 0.6 is 11.6 Å². The first-order valence-corrected chi connectivity index (χ1v) is 9.66. The molecule has 0 unspecified atom stereocenters. The van der Waals surface area contributed by atoms with Crippen LogP contribution in [-0.2, 0) is 0 Å². The number of benzene rings is 1. The lowest BCUT2D eigenvalue weighted by Crippen LogP contribution is -2.44. The van der Waals surface area contributed by atoms with Crippen LogP contribution in [0.2, 0.25) is 5.02 Å². The summed E-state index contributed by atoms with van der Waals surface area (Å²) in [5.41, 5.74) is 1.64. The predicted octanol–water partition coefficient (Wildman–Crippen LogP) is 3.90. The summed E-state index contributed by atoms with van der Waals surface area (Å²) < 4.78 is 13.4. The Bertz CT molecular complexity index is 975. The van der Waals surface area contributed by atoms with E-state index in [9.17, 15) is 4.39 Å². The molecule has 0 spiro atoms. The van der Waals surface area contributed by atoms with Crippen LogP contribution in [0.4, 0.5) is 33.3 Å². The molecule has 0 saturated carbocycles. The number of rotatable bonds is 5. The van der Waals surface area contributed by atoms with Crippen molar-refractivity contribution < 1.29 is 4.39 Å². The Morgan fingerprint density at radius 1 is 1.00 bits per heavy atom. The molecule has 3 aromatic rings. The number of hydrogen-bond acceptors (Lipinski definition) is 7. The van der Waals surface area contributed by atoms with Crippen molar-refractivity contribution in [1.29, 1.82) is 0 Å². The normalized spacial score (nSPS) is 14.7. The molecule has 1 saturated heterocycles. The highest BCUT2D eigenvalue weighted by Gasteiger charge is 2.14. The van der Waals surface area contributed by atoms with Crippen LogP contribution in [-0.4, -0.2) is 53.1 Å². The number of anilines is 5. The Morgan fingerprint density at radius 3 is 2.55 bits per heavy atom. The molecule has 0 amide bonds. The van der Waals surface area contributed by atoms with Crippen LogP contribution in [0.25, 0.3) is 0 Å². The standard InChI is InChI=1S/C20H21ClFN7/c1-28-7-9-29(10-8-28)16-5-6-18(23-12-16)26-20-24-13-17(21)19(27-20)25-15-4-2-3-14(22)11-15/h2-6,11-13H,7-10H2,1H3,(H2,23,24,25,26,27). The topological polar surface area (TPSA) is 69.2 Å². The van der Waals surface area contributed by atoms with Gasteiger partial charge in [-0.05, 0) is 37.4 Å². The van der Waals surface area contributed by atoms with Crippen LogP contribution in [0.3, 0.4) is 0 Å². The first-order chi connectivity index (χ1) is 14.1. The van der Waals surface area contributed by atoms with E-state index in [0.717, 1.165) is 31.9 Å². The third-order valence-electron chi connectivity index (χ3n) is 4.69. The summed E-state index contributed by atoms with van der Waals surface area (Å²) in [5.74, 6) is 1.00. The molecule has 4 rings (SSSR count). The fourth-order valence-corrected chi connectivity index (χ4v) is 3.18. The van der Waals surface area contributed by atoms with Gasteiger partial charge >= 0.3 is 0 Å². The summed E-state index contributed by atoms with van der Waals surface area (Å²) in [6.07, 6.45) is 3.33. The molecule has 1 fully saturated rings. The van der Waals surface area contributed by atoms with E-state index in [1.54, 1.807) is 12.1 Å². The number of hydrogen-bond donors (Lipinski definition) is 2. The zero-order valence-electron chi connectivity index (χ0n) is 15.9. The lowest BCUT2D eigenvalue weighted by atomic mass is 10.3. The average molecular weight is 414 g/mol. The smallest absolute Gasteiger partial charge is 0.230 e. The average Bonchev–Trinajstić information content (AvgIpc) is 2.72. The fourth-order valence-electron chi connectivity index (χ4n) is 3.04. The van der Waals surface area contributed by atoms with Crippen molar-refractivity contribution in [3.05, 3.63) is 59.6 Å². The summed E-state index contributed by atoms with van der Waals surface area (Å²) in [7, 11) is 2.13. The lowest BCUT2D eigenvalue weighted by molar-refractivity contribution is 0.313. The van der Waals surface area contributed by atoms with Gasteiger partial charge in [0.1, 0.15) is 16.7 Å². The highest BCUT2D eigenvalue weighted by atomic mass is 35.5. The Morgan fingerprint density at radius 2 is 1.83 bits per heavy atom. The number of nitrogens with zero attached hydrogens (tertiary/aromatic N) is 5. The quantitative estimate of drug-likeness (QED) is 0.657. The summed E-state index contributed by atoms with van der Waals surface area (Å²) in [6.45, 7) is 4.06. The van der Waals surface area contributed by atoms with Crippen LogP contribution in [0, 0.1) is 5.82 Å². The second-order valence-corrected chi connectivity index (χ2v) is 7.25. The van der Waals surface area contributed by atoms with E-state index in [0.29, 0.717) is 28.3 Å². The van der Waals surface area contributed by atoms with E-state index in [4.69, 9.17) is 11.6 Å². The van der Waals surface area contributed by atoms with Gasteiger partial charge in [0.15, 0.2) is 5.82 Å². The Hall–Kier alpha value is -2.97. The summed E-state index contributed by atoms with van der Waals surface area (Å²) in [5, 5.41) is 6.41. The minimum Gasteiger partial charge on any atom is -0.368 e. The molecule has 7 nitrogen and oxygen atoms in total. The number of halogens is 2. The van der Waals surface area contributed by atoms with Crippen LogP contribution in [0.15, 0.2) is 48.8 Å². The highest BCUT2D eigenvalue weighted by molar-refractivity contribution is 6.32. The molecule has 0 atom stereocenters. The van der Waals surface area contributed by atoms with Crippen molar-refractivity contribution in [2.24, 2.45) is 0 Å². The minimum atomic E-state index is -0.344. The van der Waals surface area contributed by atoms with Gasteiger partial charge in [0.25, 0.3) is 0 Å². The highest BCUT2D eigenvalue weighted by Crippen LogP contribution is 2.25. The van der Waals surface area contributed by atoms with Crippen molar-refractivity contribution in [3.8, 4) is 0 Å². The largest absolute Gasteiger partial charge is 0.368 e. The molecule has 3 heterocycles. The van der Waals surface area contributed by atoms with Gasteiger partial charge in [-0.25, -0.2) is 14.4 Å². The molecule has 0 aliphatic carbocycles. The molecule has 2 N–H and O–H groups in total. The third-order valence-corrected chi connectivity index (χ3v) is 4.96. The summed E-state index contributed by atoms with van der Waals surface area (Å²) in [4.78, 5) is 17.7. The van der Waals surface area contributed by atoms with Gasteiger partial charge in [0.05, 0.1) is 18.1 Å². The molecule has 1 aliphatic rings. The number of aromatic nitrogens is 3. The first-order valence-electron chi connectivity index (χ1n) is 9.28. The number of nitrogens with one attached hydrogen (secondary N) is 2. The van der Waals surface area contributed by atoms with E-state index in [2.05, 4.69) is 42.4 Å². The van der Waals surface area contributed by atoms with Gasteiger partial charge in [-0.15, -0.1) is 0 Å². The van der Waals surface area contributed by atoms with Crippen molar-refractivity contribution in [3.63, 3.8) is 0 Å².